The summed E-state index contributed by atoms with van der Waals surface area (Å²) in [6, 6.07) is 14.2. The Morgan fingerprint density at radius 2 is 2.10 bits per heavy atom. The molecule has 2 aromatic carbocycles. The highest BCUT2D eigenvalue weighted by molar-refractivity contribution is 5.44. The Balaban J connectivity index is 1.97. The van der Waals surface area contributed by atoms with E-state index in [1.807, 2.05) is 30.3 Å². The number of benzene rings is 2. The van der Waals surface area contributed by atoms with Gasteiger partial charge in [0, 0.05) is 11.5 Å². The van der Waals surface area contributed by atoms with Gasteiger partial charge in [-0.1, -0.05) is 24.3 Å². The normalized spacial score (nSPS) is 18.0. The zero-order chi connectivity index (χ0) is 14.8. The molecule has 0 fully saturated rings. The van der Waals surface area contributed by atoms with Crippen molar-refractivity contribution in [3.8, 4) is 11.5 Å². The number of nitrogens with one attached hydrogen (secondary N) is 1. The number of hydrogen-bond acceptors (Lipinski definition) is 4. The molecule has 4 heteroatoms. The summed E-state index contributed by atoms with van der Waals surface area (Å²) in [6.07, 6.45) is 0. The zero-order valence-corrected chi connectivity index (χ0v) is 12.3. The first kappa shape index (κ1) is 13.9. The molecule has 110 valence electrons. The van der Waals surface area contributed by atoms with Gasteiger partial charge in [0.25, 0.3) is 0 Å². The summed E-state index contributed by atoms with van der Waals surface area (Å²) in [5.74, 6) is 7.86. The molecule has 0 saturated carbocycles. The van der Waals surface area contributed by atoms with Crippen LogP contribution in [-0.4, -0.2) is 13.7 Å². The van der Waals surface area contributed by atoms with Crippen molar-refractivity contribution in [2.75, 3.05) is 13.7 Å². The standard InChI is InChI=1S/C17H20N2O2/c1-11-9-12(20-2)7-8-13(11)17(19-18)15-10-21-16-6-4-3-5-14(15)16/h3-9,15,17,19H,10,18H2,1-2H3. The molecule has 1 aliphatic heterocycles. The van der Waals surface area contributed by atoms with Crippen molar-refractivity contribution in [2.24, 2.45) is 5.84 Å². The number of aryl methyl sites for hydroxylation is 1. The molecule has 0 radical (unpaired) electrons. The van der Waals surface area contributed by atoms with Gasteiger partial charge in [-0.25, -0.2) is 0 Å². The highest BCUT2D eigenvalue weighted by atomic mass is 16.5. The number of ether oxygens (including phenoxy) is 2. The van der Waals surface area contributed by atoms with Gasteiger partial charge >= 0.3 is 0 Å². The lowest BCUT2D eigenvalue weighted by Gasteiger charge is -2.24. The minimum atomic E-state index is 0.0135. The average molecular weight is 284 g/mol. The molecule has 0 saturated heterocycles. The second-order valence-electron chi connectivity index (χ2n) is 5.32. The third-order valence-corrected chi connectivity index (χ3v) is 4.13. The Bertz CT molecular complexity index is 642. The molecule has 0 aromatic heterocycles. The SMILES string of the molecule is COc1ccc(C(NN)C2COc3ccccc32)c(C)c1. The van der Waals surface area contributed by atoms with Crippen molar-refractivity contribution >= 4 is 0 Å². The van der Waals surface area contributed by atoms with Crippen molar-refractivity contribution < 1.29 is 9.47 Å². The minimum Gasteiger partial charge on any atom is -0.497 e. The van der Waals surface area contributed by atoms with Crippen LogP contribution in [0.3, 0.4) is 0 Å². The van der Waals surface area contributed by atoms with Crippen LogP contribution in [0.4, 0.5) is 0 Å². The molecule has 3 rings (SSSR count). The smallest absolute Gasteiger partial charge is 0.122 e. The molecule has 2 unspecified atom stereocenters. The molecule has 3 N–H and O–H groups in total. The molecule has 2 aromatic rings. The predicted octanol–water partition coefficient (Wildman–Crippen LogP) is 2.68. The van der Waals surface area contributed by atoms with Crippen LogP contribution >= 0.6 is 0 Å². The quantitative estimate of drug-likeness (QED) is 0.669. The molecule has 1 heterocycles. The van der Waals surface area contributed by atoms with E-state index in [0.29, 0.717) is 6.61 Å². The van der Waals surface area contributed by atoms with E-state index in [4.69, 9.17) is 15.3 Å². The van der Waals surface area contributed by atoms with Gasteiger partial charge in [-0.15, -0.1) is 0 Å². The molecular formula is C17H20N2O2. The molecule has 0 aliphatic carbocycles. The molecule has 0 bridgehead atoms. The Morgan fingerprint density at radius 3 is 2.81 bits per heavy atom. The van der Waals surface area contributed by atoms with E-state index >= 15 is 0 Å². The highest BCUT2D eigenvalue weighted by Crippen LogP contribution is 2.41. The Hall–Kier alpha value is -2.04. The second kappa shape index (κ2) is 5.76. The largest absolute Gasteiger partial charge is 0.497 e. The molecule has 0 amide bonds. The van der Waals surface area contributed by atoms with E-state index in [0.717, 1.165) is 17.1 Å². The van der Waals surface area contributed by atoms with Crippen molar-refractivity contribution in [1.82, 2.24) is 5.43 Å². The van der Waals surface area contributed by atoms with E-state index in [-0.39, 0.29) is 12.0 Å². The highest BCUT2D eigenvalue weighted by Gasteiger charge is 2.32. The third kappa shape index (κ3) is 2.48. The van der Waals surface area contributed by atoms with Gasteiger partial charge in [0.05, 0.1) is 19.8 Å². The van der Waals surface area contributed by atoms with Crippen LogP contribution in [0.2, 0.25) is 0 Å². The first-order chi connectivity index (χ1) is 10.2. The number of methoxy groups -OCH3 is 1. The number of nitrogens with two attached hydrogens (primary N) is 1. The van der Waals surface area contributed by atoms with Gasteiger partial charge in [0.15, 0.2) is 0 Å². The number of rotatable bonds is 4. The molecule has 21 heavy (non-hydrogen) atoms. The van der Waals surface area contributed by atoms with Gasteiger partial charge in [0.1, 0.15) is 11.5 Å². The Morgan fingerprint density at radius 1 is 1.29 bits per heavy atom. The Labute approximate surface area is 124 Å². The van der Waals surface area contributed by atoms with Gasteiger partial charge in [-0.3, -0.25) is 11.3 Å². The number of para-hydroxylation sites is 1. The van der Waals surface area contributed by atoms with Crippen LogP contribution < -0.4 is 20.7 Å². The van der Waals surface area contributed by atoms with Crippen LogP contribution in [0.1, 0.15) is 28.7 Å². The fraction of sp³-hybridized carbons (Fsp3) is 0.294. The van der Waals surface area contributed by atoms with Gasteiger partial charge in [-0.2, -0.15) is 0 Å². The van der Waals surface area contributed by atoms with Crippen molar-refractivity contribution in [2.45, 2.75) is 18.9 Å². The maximum absolute atomic E-state index is 5.84. The summed E-state index contributed by atoms with van der Waals surface area (Å²) < 4.78 is 11.0. The van der Waals surface area contributed by atoms with E-state index in [2.05, 4.69) is 24.5 Å². The first-order valence-corrected chi connectivity index (χ1v) is 7.07. The lowest BCUT2D eigenvalue weighted by Crippen LogP contribution is -2.33. The van der Waals surface area contributed by atoms with Gasteiger partial charge < -0.3 is 9.47 Å². The van der Waals surface area contributed by atoms with Gasteiger partial charge in [-0.05, 0) is 36.2 Å². The number of fused-ring (bicyclic) bond motifs is 1. The minimum absolute atomic E-state index is 0.0135. The van der Waals surface area contributed by atoms with E-state index in [9.17, 15) is 0 Å². The summed E-state index contributed by atoms with van der Waals surface area (Å²) >= 11 is 0. The topological polar surface area (TPSA) is 56.5 Å². The van der Waals surface area contributed by atoms with Crippen LogP contribution in [0, 0.1) is 6.92 Å². The van der Waals surface area contributed by atoms with E-state index in [1.54, 1.807) is 7.11 Å². The zero-order valence-electron chi connectivity index (χ0n) is 12.3. The fourth-order valence-electron chi connectivity index (χ4n) is 3.01. The lowest BCUT2D eigenvalue weighted by atomic mass is 9.87. The fourth-order valence-corrected chi connectivity index (χ4v) is 3.01. The van der Waals surface area contributed by atoms with Crippen molar-refractivity contribution in [1.29, 1.82) is 0 Å². The average Bonchev–Trinajstić information content (AvgIpc) is 2.94. The maximum Gasteiger partial charge on any atom is 0.122 e. The second-order valence-corrected chi connectivity index (χ2v) is 5.32. The summed E-state index contributed by atoms with van der Waals surface area (Å²) in [4.78, 5) is 0. The van der Waals surface area contributed by atoms with Crippen LogP contribution in [-0.2, 0) is 0 Å². The maximum atomic E-state index is 5.84. The predicted molar refractivity (Wildman–Crippen MR) is 82.5 cm³/mol. The molecular weight excluding hydrogens is 264 g/mol. The number of hydrogen-bond donors (Lipinski definition) is 2. The summed E-state index contributed by atoms with van der Waals surface area (Å²) in [6.45, 7) is 2.71. The molecule has 4 nitrogen and oxygen atoms in total. The van der Waals surface area contributed by atoms with Crippen molar-refractivity contribution in [3.63, 3.8) is 0 Å². The molecule has 2 atom stereocenters. The van der Waals surface area contributed by atoms with Crippen LogP contribution in [0.5, 0.6) is 11.5 Å². The van der Waals surface area contributed by atoms with Crippen LogP contribution in [0.15, 0.2) is 42.5 Å². The summed E-state index contributed by atoms with van der Waals surface area (Å²) in [5.41, 5.74) is 6.49. The number of hydrazine groups is 1. The monoisotopic (exact) mass is 284 g/mol. The van der Waals surface area contributed by atoms with E-state index < -0.39 is 0 Å². The van der Waals surface area contributed by atoms with Crippen LogP contribution in [0.25, 0.3) is 0 Å². The summed E-state index contributed by atoms with van der Waals surface area (Å²) in [7, 11) is 1.67. The lowest BCUT2D eigenvalue weighted by molar-refractivity contribution is 0.300. The molecule has 1 aliphatic rings. The van der Waals surface area contributed by atoms with Gasteiger partial charge in [0.2, 0.25) is 0 Å². The summed E-state index contributed by atoms with van der Waals surface area (Å²) in [5, 5.41) is 0. The van der Waals surface area contributed by atoms with Crippen molar-refractivity contribution in [3.05, 3.63) is 59.2 Å². The molecule has 0 spiro atoms. The third-order valence-electron chi connectivity index (χ3n) is 4.13. The Kier molecular flexibility index (Phi) is 3.82. The van der Waals surface area contributed by atoms with E-state index in [1.165, 1.54) is 11.1 Å². The first-order valence-electron chi connectivity index (χ1n) is 7.07.